The van der Waals surface area contributed by atoms with E-state index in [4.69, 9.17) is 0 Å². The van der Waals surface area contributed by atoms with Crippen LogP contribution in [0.25, 0.3) is 0 Å². The van der Waals surface area contributed by atoms with Gasteiger partial charge in [-0.05, 0) is 43.4 Å². The molecule has 0 aromatic heterocycles. The van der Waals surface area contributed by atoms with Gasteiger partial charge in [-0.3, -0.25) is 24.0 Å². The van der Waals surface area contributed by atoms with Crippen LogP contribution in [0.4, 0.5) is 11.4 Å². The molecular formula is C26H34N4O6S. The number of aryl methyl sites for hydroxylation is 1. The van der Waals surface area contributed by atoms with Gasteiger partial charge in [0.2, 0.25) is 21.8 Å². The van der Waals surface area contributed by atoms with Crippen molar-refractivity contribution in [3.8, 4) is 0 Å². The maximum Gasteiger partial charge on any atom is 0.271 e. The molecule has 11 heteroatoms. The average molecular weight is 531 g/mol. The van der Waals surface area contributed by atoms with Crippen molar-refractivity contribution >= 4 is 33.2 Å². The Balaban J connectivity index is 1.95. The lowest BCUT2D eigenvalue weighted by Crippen LogP contribution is -2.53. The number of benzene rings is 2. The molecule has 0 spiro atoms. The molecule has 1 unspecified atom stereocenters. The van der Waals surface area contributed by atoms with Crippen LogP contribution in [0.2, 0.25) is 0 Å². The van der Waals surface area contributed by atoms with E-state index in [0.717, 1.165) is 53.4 Å². The van der Waals surface area contributed by atoms with E-state index in [-0.39, 0.29) is 29.9 Å². The lowest BCUT2D eigenvalue weighted by atomic mass is 10.1. The Morgan fingerprint density at radius 1 is 1.14 bits per heavy atom. The lowest BCUT2D eigenvalue weighted by Gasteiger charge is -2.33. The van der Waals surface area contributed by atoms with Gasteiger partial charge in [0.15, 0.2) is 0 Å². The summed E-state index contributed by atoms with van der Waals surface area (Å²) in [6.07, 6.45) is 5.14. The quantitative estimate of drug-likeness (QED) is 0.349. The van der Waals surface area contributed by atoms with Crippen molar-refractivity contribution in [2.24, 2.45) is 0 Å². The Labute approximate surface area is 217 Å². The lowest BCUT2D eigenvalue weighted by molar-refractivity contribution is -0.384. The number of non-ortho nitro benzene ring substituents is 1. The predicted octanol–water partition coefficient (Wildman–Crippen LogP) is 3.54. The van der Waals surface area contributed by atoms with E-state index in [1.807, 2.05) is 38.1 Å². The molecule has 1 atom stereocenters. The zero-order valence-corrected chi connectivity index (χ0v) is 22.2. The van der Waals surface area contributed by atoms with Crippen LogP contribution in [0.5, 0.6) is 0 Å². The molecule has 1 saturated carbocycles. The molecule has 1 aliphatic rings. The number of hydrogen-bond donors (Lipinski definition) is 1. The Kier molecular flexibility index (Phi) is 9.25. The number of nitrogens with zero attached hydrogens (tertiary/aromatic N) is 3. The topological polar surface area (TPSA) is 130 Å². The number of amides is 2. The first-order valence-corrected chi connectivity index (χ1v) is 14.2. The molecule has 3 rings (SSSR count). The van der Waals surface area contributed by atoms with Crippen molar-refractivity contribution in [3.05, 3.63) is 69.8 Å². The third kappa shape index (κ3) is 7.28. The number of carbonyl (C=O) groups is 2. The average Bonchev–Trinajstić information content (AvgIpc) is 3.35. The number of carbonyl (C=O) groups excluding carboxylic acids is 2. The Hall–Kier alpha value is -3.47. The molecule has 0 radical (unpaired) electrons. The molecule has 2 aromatic rings. The summed E-state index contributed by atoms with van der Waals surface area (Å²) in [5.74, 6) is -0.841. The van der Waals surface area contributed by atoms with Crippen molar-refractivity contribution in [3.63, 3.8) is 0 Å². The van der Waals surface area contributed by atoms with Gasteiger partial charge >= 0.3 is 0 Å². The van der Waals surface area contributed by atoms with Crippen LogP contribution in [-0.2, 0) is 26.2 Å². The van der Waals surface area contributed by atoms with E-state index in [1.165, 1.54) is 23.1 Å². The highest BCUT2D eigenvalue weighted by Crippen LogP contribution is 2.25. The van der Waals surface area contributed by atoms with Crippen LogP contribution >= 0.6 is 0 Å². The number of nitro groups is 1. The largest absolute Gasteiger partial charge is 0.352 e. The van der Waals surface area contributed by atoms with Gasteiger partial charge in [0.1, 0.15) is 12.6 Å². The predicted molar refractivity (Wildman–Crippen MR) is 141 cm³/mol. The SMILES string of the molecule is CCC(C(=O)NC1CCCC1)N(Cc1ccccc1C)C(=O)CN(c1cccc([N+](=O)[O-])c1)S(C)(=O)=O. The van der Waals surface area contributed by atoms with Gasteiger partial charge in [0.05, 0.1) is 16.9 Å². The normalized spacial score (nSPS) is 14.7. The van der Waals surface area contributed by atoms with Crippen LogP contribution in [0, 0.1) is 17.0 Å². The maximum atomic E-state index is 13.8. The van der Waals surface area contributed by atoms with Gasteiger partial charge in [-0.1, -0.05) is 50.1 Å². The van der Waals surface area contributed by atoms with Gasteiger partial charge in [0.25, 0.3) is 5.69 Å². The number of nitrogens with one attached hydrogen (secondary N) is 1. The van der Waals surface area contributed by atoms with Crippen LogP contribution in [-0.4, -0.2) is 54.9 Å². The van der Waals surface area contributed by atoms with E-state index in [0.29, 0.717) is 6.42 Å². The molecule has 10 nitrogen and oxygen atoms in total. The van der Waals surface area contributed by atoms with Gasteiger partial charge in [-0.25, -0.2) is 8.42 Å². The molecule has 0 aliphatic heterocycles. The summed E-state index contributed by atoms with van der Waals surface area (Å²) in [5, 5.41) is 14.3. The second kappa shape index (κ2) is 12.2. The minimum Gasteiger partial charge on any atom is -0.352 e. The van der Waals surface area contributed by atoms with E-state index < -0.39 is 33.4 Å². The summed E-state index contributed by atoms with van der Waals surface area (Å²) in [4.78, 5) is 39.1. The third-order valence-corrected chi connectivity index (χ3v) is 7.84. The molecular weight excluding hydrogens is 496 g/mol. The fourth-order valence-electron chi connectivity index (χ4n) is 4.63. The summed E-state index contributed by atoms with van der Waals surface area (Å²) in [6, 6.07) is 11.9. The molecule has 0 bridgehead atoms. The second-order valence-corrected chi connectivity index (χ2v) is 11.3. The summed E-state index contributed by atoms with van der Waals surface area (Å²) < 4.78 is 26.2. The molecule has 0 heterocycles. The number of anilines is 1. The molecule has 37 heavy (non-hydrogen) atoms. The standard InChI is InChI=1S/C26H34N4O6S/c1-4-24(26(32)27-21-12-7-8-13-21)28(17-20-11-6-5-10-19(20)2)25(31)18-29(37(3,35)36)22-14-9-15-23(16-22)30(33)34/h5-6,9-11,14-16,21,24H,4,7-8,12-13,17-18H2,1-3H3,(H,27,32). The maximum absolute atomic E-state index is 13.8. The zero-order valence-electron chi connectivity index (χ0n) is 21.4. The number of hydrogen-bond acceptors (Lipinski definition) is 6. The van der Waals surface area contributed by atoms with Gasteiger partial charge < -0.3 is 10.2 Å². The van der Waals surface area contributed by atoms with Crippen molar-refractivity contribution in [2.75, 3.05) is 17.1 Å². The first-order chi connectivity index (χ1) is 17.5. The van der Waals surface area contributed by atoms with E-state index >= 15 is 0 Å². The Morgan fingerprint density at radius 3 is 2.41 bits per heavy atom. The Bertz CT molecular complexity index is 1240. The van der Waals surface area contributed by atoms with Crippen LogP contribution in [0.15, 0.2) is 48.5 Å². The van der Waals surface area contributed by atoms with Gasteiger partial charge in [-0.15, -0.1) is 0 Å². The highest BCUT2D eigenvalue weighted by molar-refractivity contribution is 7.92. The van der Waals surface area contributed by atoms with Crippen LogP contribution in [0.1, 0.15) is 50.2 Å². The molecule has 1 aliphatic carbocycles. The smallest absolute Gasteiger partial charge is 0.271 e. The first-order valence-electron chi connectivity index (χ1n) is 12.4. The first kappa shape index (κ1) is 28.1. The van der Waals surface area contributed by atoms with Gasteiger partial charge in [-0.2, -0.15) is 0 Å². The van der Waals surface area contributed by atoms with Crippen LogP contribution in [0.3, 0.4) is 0 Å². The van der Waals surface area contributed by atoms with E-state index in [1.54, 1.807) is 0 Å². The highest BCUT2D eigenvalue weighted by Gasteiger charge is 2.33. The molecule has 2 amide bonds. The summed E-state index contributed by atoms with van der Waals surface area (Å²) in [7, 11) is -3.98. The Morgan fingerprint density at radius 2 is 1.81 bits per heavy atom. The van der Waals surface area contributed by atoms with Crippen LogP contribution < -0.4 is 9.62 Å². The van der Waals surface area contributed by atoms with Gasteiger partial charge in [0, 0.05) is 24.7 Å². The summed E-state index contributed by atoms with van der Waals surface area (Å²) in [5.41, 5.74) is 1.48. The minimum atomic E-state index is -3.98. The molecule has 2 aromatic carbocycles. The molecule has 0 saturated heterocycles. The number of sulfonamides is 1. The monoisotopic (exact) mass is 530 g/mol. The highest BCUT2D eigenvalue weighted by atomic mass is 32.2. The summed E-state index contributed by atoms with van der Waals surface area (Å²) in [6.45, 7) is 3.24. The summed E-state index contributed by atoms with van der Waals surface area (Å²) >= 11 is 0. The third-order valence-electron chi connectivity index (χ3n) is 6.70. The number of rotatable bonds is 11. The molecule has 1 fully saturated rings. The fraction of sp³-hybridized carbons (Fsp3) is 0.462. The van der Waals surface area contributed by atoms with E-state index in [9.17, 15) is 28.1 Å². The minimum absolute atomic E-state index is 0.00403. The van der Waals surface area contributed by atoms with Crippen molar-refractivity contribution < 1.29 is 22.9 Å². The molecule has 1 N–H and O–H groups in total. The van der Waals surface area contributed by atoms with Crippen molar-refractivity contribution in [1.82, 2.24) is 10.2 Å². The molecule has 200 valence electrons. The number of nitro benzene ring substituents is 1. The van der Waals surface area contributed by atoms with E-state index in [2.05, 4.69) is 5.32 Å². The second-order valence-electron chi connectivity index (χ2n) is 9.41. The fourth-order valence-corrected chi connectivity index (χ4v) is 5.47. The van der Waals surface area contributed by atoms with Crippen molar-refractivity contribution in [2.45, 2.75) is 64.6 Å². The van der Waals surface area contributed by atoms with Crippen molar-refractivity contribution in [1.29, 1.82) is 0 Å². The zero-order chi connectivity index (χ0) is 27.2.